The molecule has 0 radical (unpaired) electrons. The number of benzene rings is 3. The van der Waals surface area contributed by atoms with Crippen LogP contribution < -0.4 is 14.2 Å². The third kappa shape index (κ3) is 4.85. The van der Waals surface area contributed by atoms with Gasteiger partial charge >= 0.3 is 0 Å². The zero-order chi connectivity index (χ0) is 25.1. The van der Waals surface area contributed by atoms with E-state index in [4.69, 9.17) is 14.2 Å². The number of rotatable bonds is 8. The lowest BCUT2D eigenvalue weighted by Crippen LogP contribution is -2.44. The van der Waals surface area contributed by atoms with Crippen LogP contribution in [0.4, 0.5) is 0 Å². The molecule has 2 heterocycles. The Hall–Kier alpha value is -4.06. The molecule has 1 aromatic heterocycles. The van der Waals surface area contributed by atoms with Crippen molar-refractivity contribution in [3.63, 3.8) is 0 Å². The number of aryl methyl sites for hydroxylation is 1. The second-order valence-corrected chi connectivity index (χ2v) is 9.10. The minimum absolute atomic E-state index is 0.0832. The summed E-state index contributed by atoms with van der Waals surface area (Å²) in [7, 11) is 0. The minimum Gasteiger partial charge on any atom is -0.488 e. The van der Waals surface area contributed by atoms with Crippen LogP contribution in [0.25, 0.3) is 5.69 Å². The number of hydrogen-bond acceptors (Lipinski definition) is 5. The maximum atomic E-state index is 13.3. The van der Waals surface area contributed by atoms with Crippen molar-refractivity contribution in [2.24, 2.45) is 0 Å². The van der Waals surface area contributed by atoms with Gasteiger partial charge in [-0.3, -0.25) is 4.79 Å². The van der Waals surface area contributed by atoms with E-state index in [9.17, 15) is 4.79 Å². The van der Waals surface area contributed by atoms with Gasteiger partial charge in [0.15, 0.2) is 6.10 Å². The third-order valence-corrected chi connectivity index (χ3v) is 6.39. The second-order valence-electron chi connectivity index (χ2n) is 9.10. The lowest BCUT2D eigenvalue weighted by atomic mass is 9.95. The molecule has 0 aliphatic carbocycles. The average Bonchev–Trinajstić information content (AvgIpc) is 3.37. The van der Waals surface area contributed by atoms with Crippen molar-refractivity contribution >= 4 is 5.78 Å². The van der Waals surface area contributed by atoms with Crippen LogP contribution in [0.1, 0.15) is 47.3 Å². The second kappa shape index (κ2) is 10.3. The van der Waals surface area contributed by atoms with Crippen molar-refractivity contribution in [2.75, 3.05) is 0 Å². The number of aromatic nitrogens is 2. The molecule has 0 fully saturated rings. The molecule has 1 aliphatic heterocycles. The van der Waals surface area contributed by atoms with Crippen LogP contribution in [0.5, 0.6) is 17.2 Å². The summed E-state index contributed by atoms with van der Waals surface area (Å²) < 4.78 is 20.2. The molecule has 2 atom stereocenters. The Kier molecular flexibility index (Phi) is 6.76. The molecule has 6 nitrogen and oxygen atoms in total. The van der Waals surface area contributed by atoms with Crippen molar-refractivity contribution in [3.8, 4) is 22.9 Å². The fourth-order valence-electron chi connectivity index (χ4n) is 4.43. The molecule has 36 heavy (non-hydrogen) atoms. The first kappa shape index (κ1) is 23.7. The van der Waals surface area contributed by atoms with E-state index in [0.717, 1.165) is 29.7 Å². The molecule has 0 N–H and O–H groups in total. The first-order valence-corrected chi connectivity index (χ1v) is 12.4. The van der Waals surface area contributed by atoms with Crippen LogP contribution in [-0.4, -0.2) is 27.8 Å². The van der Waals surface area contributed by atoms with Crippen molar-refractivity contribution < 1.29 is 19.0 Å². The Morgan fingerprint density at radius 3 is 2.53 bits per heavy atom. The molecule has 184 valence electrons. The van der Waals surface area contributed by atoms with Gasteiger partial charge in [-0.25, -0.2) is 4.68 Å². The van der Waals surface area contributed by atoms with E-state index in [-0.39, 0.29) is 5.78 Å². The van der Waals surface area contributed by atoms with Gasteiger partial charge in [0.2, 0.25) is 5.78 Å². The van der Waals surface area contributed by atoms with Crippen LogP contribution in [0, 0.1) is 6.92 Å². The van der Waals surface area contributed by atoms with Crippen LogP contribution >= 0.6 is 0 Å². The largest absolute Gasteiger partial charge is 0.488 e. The Morgan fingerprint density at radius 2 is 1.78 bits per heavy atom. The molecule has 6 heteroatoms. The molecule has 0 unspecified atom stereocenters. The molecule has 0 bridgehead atoms. The zero-order valence-electron chi connectivity index (χ0n) is 20.8. The predicted molar refractivity (Wildman–Crippen MR) is 138 cm³/mol. The summed E-state index contributed by atoms with van der Waals surface area (Å²) in [5.41, 5.74) is 4.50. The highest BCUT2D eigenvalue weighted by Gasteiger charge is 2.38. The van der Waals surface area contributed by atoms with E-state index < -0.39 is 12.2 Å². The van der Waals surface area contributed by atoms with Gasteiger partial charge in [0.25, 0.3) is 0 Å². The number of ether oxygens (including phenoxy) is 3. The first-order valence-electron chi connectivity index (χ1n) is 12.4. The average molecular weight is 483 g/mol. The Labute approximate surface area is 211 Å². The Bertz CT molecular complexity index is 1350. The number of Topliss-reactive ketones (excluding diaryl/α,β-unsaturated/α-hetero) is 1. The zero-order valence-corrected chi connectivity index (χ0v) is 20.8. The van der Waals surface area contributed by atoms with Gasteiger partial charge in [0, 0.05) is 17.3 Å². The highest BCUT2D eigenvalue weighted by atomic mass is 16.6. The van der Waals surface area contributed by atoms with Crippen LogP contribution in [0.2, 0.25) is 0 Å². The topological polar surface area (TPSA) is 62.6 Å². The summed E-state index contributed by atoms with van der Waals surface area (Å²) in [5, 5.41) is 4.42. The number of para-hydroxylation sites is 1. The smallest absolute Gasteiger partial charge is 0.210 e. The van der Waals surface area contributed by atoms with Crippen LogP contribution in [-0.2, 0) is 13.0 Å². The normalized spacial score (nSPS) is 16.8. The van der Waals surface area contributed by atoms with Gasteiger partial charge in [-0.15, -0.1) is 0 Å². The highest BCUT2D eigenvalue weighted by molar-refractivity contribution is 6.04. The number of nitrogens with zero attached hydrogens (tertiary/aromatic N) is 2. The quantitative estimate of drug-likeness (QED) is 0.303. The monoisotopic (exact) mass is 482 g/mol. The highest BCUT2D eigenvalue weighted by Crippen LogP contribution is 2.37. The molecular formula is C30H30N2O4. The summed E-state index contributed by atoms with van der Waals surface area (Å²) in [6, 6.07) is 21.4. The maximum Gasteiger partial charge on any atom is 0.210 e. The minimum atomic E-state index is -0.704. The summed E-state index contributed by atoms with van der Waals surface area (Å²) in [6.07, 6.45) is 4.71. The summed E-state index contributed by atoms with van der Waals surface area (Å²) in [5.74, 6) is 1.82. The van der Waals surface area contributed by atoms with E-state index in [2.05, 4.69) is 12.0 Å². The molecule has 5 rings (SSSR count). The lowest BCUT2D eigenvalue weighted by molar-refractivity contribution is 0.0385. The number of ketones is 1. The van der Waals surface area contributed by atoms with E-state index in [1.54, 1.807) is 12.3 Å². The SMILES string of the molecule is CCCc1ccc(O[C@@H]2C(=O)c3ccc(OCc4cnn(-c5ccccc5)c4)c(C)c3O[C@@H]2C)cc1. The molecular weight excluding hydrogens is 452 g/mol. The van der Waals surface area contributed by atoms with Crippen molar-refractivity contribution in [1.82, 2.24) is 9.78 Å². The molecule has 0 saturated heterocycles. The summed E-state index contributed by atoms with van der Waals surface area (Å²) in [4.78, 5) is 13.3. The number of carbonyl (C=O) groups is 1. The van der Waals surface area contributed by atoms with Gasteiger partial charge < -0.3 is 14.2 Å². The van der Waals surface area contributed by atoms with Crippen molar-refractivity contribution in [1.29, 1.82) is 0 Å². The van der Waals surface area contributed by atoms with Crippen molar-refractivity contribution in [2.45, 2.75) is 52.4 Å². The van der Waals surface area contributed by atoms with Gasteiger partial charge in [-0.2, -0.15) is 5.10 Å². The van der Waals surface area contributed by atoms with Gasteiger partial charge in [-0.05, 0) is 62.2 Å². The van der Waals surface area contributed by atoms with E-state index in [1.165, 1.54) is 5.56 Å². The first-order chi connectivity index (χ1) is 17.5. The summed E-state index contributed by atoms with van der Waals surface area (Å²) >= 11 is 0. The fourth-order valence-corrected chi connectivity index (χ4v) is 4.43. The number of hydrogen-bond donors (Lipinski definition) is 0. The van der Waals surface area contributed by atoms with E-state index in [0.29, 0.717) is 29.4 Å². The standard InChI is InChI=1S/C30H30N2O4/c1-4-8-22-11-13-25(14-12-22)36-30-21(3)35-29-20(2)27(16-15-26(29)28(30)33)34-19-23-17-31-32(18-23)24-9-6-5-7-10-24/h5-7,9-18,21,30H,4,8,19H2,1-3H3/t21-,30+/m1/s1. The fraction of sp³-hybridized carbons (Fsp3) is 0.267. The Balaban J connectivity index is 1.28. The third-order valence-electron chi connectivity index (χ3n) is 6.39. The van der Waals surface area contributed by atoms with Gasteiger partial charge in [-0.1, -0.05) is 43.7 Å². The summed E-state index contributed by atoms with van der Waals surface area (Å²) in [6.45, 7) is 6.28. The van der Waals surface area contributed by atoms with Crippen LogP contribution in [0.15, 0.2) is 79.1 Å². The maximum absolute atomic E-state index is 13.3. The molecule has 0 spiro atoms. The molecule has 1 aliphatic rings. The molecule has 4 aromatic rings. The number of carbonyl (C=O) groups excluding carboxylic acids is 1. The van der Waals surface area contributed by atoms with E-state index >= 15 is 0 Å². The predicted octanol–water partition coefficient (Wildman–Crippen LogP) is 6.12. The van der Waals surface area contributed by atoms with Gasteiger partial charge in [0.05, 0.1) is 17.4 Å². The van der Waals surface area contributed by atoms with Crippen molar-refractivity contribution in [3.05, 3.63) is 101 Å². The number of fused-ring (bicyclic) bond motifs is 1. The molecule has 3 aromatic carbocycles. The molecule has 0 saturated carbocycles. The van der Waals surface area contributed by atoms with E-state index in [1.807, 2.05) is 85.4 Å². The molecule has 0 amide bonds. The van der Waals surface area contributed by atoms with Gasteiger partial charge in [0.1, 0.15) is 30.0 Å². The lowest BCUT2D eigenvalue weighted by Gasteiger charge is -2.31. The Morgan fingerprint density at radius 1 is 1.00 bits per heavy atom. The van der Waals surface area contributed by atoms with Crippen LogP contribution in [0.3, 0.4) is 0 Å².